The maximum Gasteiger partial charge on any atom is 0.164 e. The Kier molecular flexibility index (Phi) is 18.2. The molecule has 0 aliphatic heterocycles. The zero-order chi connectivity index (χ0) is 95.0. The lowest BCUT2D eigenvalue weighted by atomic mass is 9.89. The van der Waals surface area contributed by atoms with Crippen molar-refractivity contribution in [3.05, 3.63) is 473 Å². The Morgan fingerprint density at radius 3 is 0.676 bits per heavy atom. The van der Waals surface area contributed by atoms with Crippen molar-refractivity contribution in [2.24, 2.45) is 0 Å². The van der Waals surface area contributed by atoms with Gasteiger partial charge in [-0.05, 0) is 194 Å². The minimum Gasteiger partial charge on any atom is -0.309 e. The third-order valence-corrected chi connectivity index (χ3v) is 29.6. The summed E-state index contributed by atoms with van der Waals surface area (Å²) in [6.45, 7) is 0. The van der Waals surface area contributed by atoms with Crippen LogP contribution in [0.25, 0.3) is 304 Å². The van der Waals surface area contributed by atoms with Gasteiger partial charge in [0.25, 0.3) is 0 Å². The highest BCUT2D eigenvalue weighted by Crippen LogP contribution is 2.52. The van der Waals surface area contributed by atoms with Crippen LogP contribution in [0.5, 0.6) is 0 Å². The minimum atomic E-state index is 0.637. The second kappa shape index (κ2) is 32.5. The molecule has 0 atom stereocenters. The highest BCUT2D eigenvalue weighted by Gasteiger charge is 2.29. The molecular formula is C133H78N12. The van der Waals surface area contributed by atoms with Crippen molar-refractivity contribution in [1.29, 1.82) is 0 Å². The first-order valence-electron chi connectivity index (χ1n) is 49.1. The fourth-order valence-corrected chi connectivity index (χ4v) is 23.1. The van der Waals surface area contributed by atoms with Crippen LogP contribution < -0.4 is 0 Å². The first-order chi connectivity index (χ1) is 71.9. The SMILES string of the molecule is c1ccc(-c2ccc(-c3nc(-c4ccccc4)nc(-c4cccc(-n5c6cccc7c8cccc9ccc%10ccc5c(c%10c98)c76)c4)n3)cc2)cc1.c1ccc(-c2nc(-c3ccc(-n4c5cccc6c7cccc8ccc9ccc4c(c9c87)c65)cc3)nc(-c3ccc4ccccc4c3)n2)cc1.c1ccc(-c2nc(-c3ccccc3)nc(-c3cccc(-n4c5cccc6c7cccc8ccc9ccc4c(c9c87)c65)c3)n2)cc1. The van der Waals surface area contributed by atoms with Crippen molar-refractivity contribution in [1.82, 2.24) is 58.6 Å². The van der Waals surface area contributed by atoms with Crippen LogP contribution >= 0.6 is 0 Å². The molecule has 0 saturated carbocycles. The van der Waals surface area contributed by atoms with E-state index in [1.807, 2.05) is 127 Å². The largest absolute Gasteiger partial charge is 0.309 e. The molecule has 0 spiro atoms. The lowest BCUT2D eigenvalue weighted by Gasteiger charge is -2.13. The fraction of sp³-hybridized carbons (Fsp3) is 0. The number of hydrogen-bond donors (Lipinski definition) is 0. The van der Waals surface area contributed by atoms with E-state index < -0.39 is 0 Å². The molecule has 0 bridgehead atoms. The van der Waals surface area contributed by atoms with Gasteiger partial charge in [-0.15, -0.1) is 0 Å². The number of nitrogens with zero attached hydrogens (tertiary/aromatic N) is 12. The third kappa shape index (κ3) is 13.0. The van der Waals surface area contributed by atoms with Crippen LogP contribution in [-0.2, 0) is 0 Å². The van der Waals surface area contributed by atoms with Gasteiger partial charge in [0, 0.05) is 116 Å². The van der Waals surface area contributed by atoms with Gasteiger partial charge in [0.1, 0.15) is 0 Å². The zero-order valence-electron chi connectivity index (χ0n) is 77.9. The summed E-state index contributed by atoms with van der Waals surface area (Å²) in [7, 11) is 0. The Bertz CT molecular complexity index is 10600. The molecule has 6 heterocycles. The molecule has 145 heavy (non-hydrogen) atoms. The predicted molar refractivity (Wildman–Crippen MR) is 599 cm³/mol. The molecule has 0 amide bonds. The normalized spacial score (nSPS) is 12.0. The van der Waals surface area contributed by atoms with Crippen LogP contribution in [0.2, 0.25) is 0 Å². The quantitative estimate of drug-likeness (QED) is 0.0818. The molecule has 32 aromatic rings. The Morgan fingerprint density at radius 1 is 0.110 bits per heavy atom. The summed E-state index contributed by atoms with van der Waals surface area (Å²) in [5.41, 5.74) is 21.3. The van der Waals surface area contributed by atoms with Crippen molar-refractivity contribution in [3.63, 3.8) is 0 Å². The molecule has 0 fully saturated rings. The number of aromatic nitrogens is 12. The smallest absolute Gasteiger partial charge is 0.164 e. The molecule has 0 aliphatic carbocycles. The van der Waals surface area contributed by atoms with E-state index in [0.29, 0.717) is 52.4 Å². The van der Waals surface area contributed by atoms with Crippen molar-refractivity contribution in [2.75, 3.05) is 0 Å². The van der Waals surface area contributed by atoms with Gasteiger partial charge in [-0.3, -0.25) is 0 Å². The molecule has 6 aromatic heterocycles. The zero-order valence-corrected chi connectivity index (χ0v) is 77.9. The monoisotopic (exact) mass is 1840 g/mol. The molecule has 0 N–H and O–H groups in total. The van der Waals surface area contributed by atoms with E-state index in [1.54, 1.807) is 0 Å². The van der Waals surface area contributed by atoms with E-state index in [0.717, 1.165) is 78.1 Å². The molecular weight excluding hydrogens is 1770 g/mol. The lowest BCUT2D eigenvalue weighted by molar-refractivity contribution is 1.07. The highest BCUT2D eigenvalue weighted by atomic mass is 15.1. The first kappa shape index (κ1) is 81.3. The molecule has 0 aliphatic rings. The van der Waals surface area contributed by atoms with E-state index in [2.05, 4.69) is 359 Å². The number of benzene rings is 26. The summed E-state index contributed by atoms with van der Waals surface area (Å²) in [5.74, 6) is 5.85. The molecule has 26 aromatic carbocycles. The second-order valence-electron chi connectivity index (χ2n) is 37.7. The van der Waals surface area contributed by atoms with E-state index in [4.69, 9.17) is 44.9 Å². The summed E-state index contributed by atoms with van der Waals surface area (Å²) < 4.78 is 7.22. The predicted octanol–water partition coefficient (Wildman–Crippen LogP) is 33.7. The molecule has 12 nitrogen and oxygen atoms in total. The van der Waals surface area contributed by atoms with Gasteiger partial charge in [-0.25, -0.2) is 44.9 Å². The fourth-order valence-electron chi connectivity index (χ4n) is 23.1. The van der Waals surface area contributed by atoms with E-state index in [9.17, 15) is 0 Å². The van der Waals surface area contributed by atoms with E-state index in [-0.39, 0.29) is 0 Å². The summed E-state index contributed by atoms with van der Waals surface area (Å²) in [4.78, 5) is 45.0. The van der Waals surface area contributed by atoms with Gasteiger partial charge in [0.15, 0.2) is 52.4 Å². The van der Waals surface area contributed by atoms with Gasteiger partial charge in [0.05, 0.1) is 33.1 Å². The van der Waals surface area contributed by atoms with E-state index in [1.165, 1.54) is 173 Å². The lowest BCUT2D eigenvalue weighted by Crippen LogP contribution is -2.01. The van der Waals surface area contributed by atoms with Crippen LogP contribution in [0.15, 0.2) is 473 Å². The van der Waals surface area contributed by atoms with E-state index >= 15 is 0 Å². The Morgan fingerprint density at radius 2 is 0.324 bits per heavy atom. The summed E-state index contributed by atoms with van der Waals surface area (Å²) in [5, 5.41) is 33.8. The van der Waals surface area contributed by atoms with Crippen LogP contribution in [-0.4, -0.2) is 58.6 Å². The molecule has 670 valence electrons. The number of fused-ring (bicyclic) bond motifs is 4. The molecule has 0 radical (unpaired) electrons. The van der Waals surface area contributed by atoms with Crippen LogP contribution in [0.3, 0.4) is 0 Å². The average Bonchev–Trinajstić information content (AvgIpc) is 1.57. The molecule has 0 unspecified atom stereocenters. The van der Waals surface area contributed by atoms with Crippen LogP contribution in [0, 0.1) is 0 Å². The average molecular weight is 1840 g/mol. The van der Waals surface area contributed by atoms with Crippen molar-refractivity contribution in [2.45, 2.75) is 0 Å². The number of hydrogen-bond acceptors (Lipinski definition) is 9. The van der Waals surface area contributed by atoms with Gasteiger partial charge in [-0.2, -0.15) is 0 Å². The Labute approximate surface area is 829 Å². The highest BCUT2D eigenvalue weighted by molar-refractivity contribution is 6.43. The van der Waals surface area contributed by atoms with Crippen molar-refractivity contribution < 1.29 is 0 Å². The first-order valence-corrected chi connectivity index (χ1v) is 49.1. The second-order valence-corrected chi connectivity index (χ2v) is 37.7. The maximum atomic E-state index is 5.10. The van der Waals surface area contributed by atoms with Gasteiger partial charge < -0.3 is 13.7 Å². The molecule has 12 heteroatoms. The Balaban J connectivity index is 0.000000101. The summed E-state index contributed by atoms with van der Waals surface area (Å²) >= 11 is 0. The van der Waals surface area contributed by atoms with Gasteiger partial charge >= 0.3 is 0 Å². The summed E-state index contributed by atoms with van der Waals surface area (Å²) in [6.07, 6.45) is 0. The minimum absolute atomic E-state index is 0.637. The van der Waals surface area contributed by atoms with Gasteiger partial charge in [-0.1, -0.05) is 382 Å². The molecule has 32 rings (SSSR count). The van der Waals surface area contributed by atoms with Crippen molar-refractivity contribution in [3.8, 4) is 131 Å². The van der Waals surface area contributed by atoms with Gasteiger partial charge in [0.2, 0.25) is 0 Å². The van der Waals surface area contributed by atoms with Crippen LogP contribution in [0.4, 0.5) is 0 Å². The third-order valence-electron chi connectivity index (χ3n) is 29.6. The van der Waals surface area contributed by atoms with Crippen molar-refractivity contribution >= 4 is 173 Å². The topological polar surface area (TPSA) is 131 Å². The maximum absolute atomic E-state index is 5.10. The number of rotatable bonds is 13. The molecule has 0 saturated heterocycles. The Hall–Kier alpha value is -19.7. The summed E-state index contributed by atoms with van der Waals surface area (Å²) in [6, 6.07) is 167. The van der Waals surface area contributed by atoms with Crippen LogP contribution in [0.1, 0.15) is 0 Å². The standard InChI is InChI=1S/C47H28N4.C45H26N4.C41H24N4/c1-3-10-29(11-4-1)30-20-24-34(25-21-30)46-48-45(33-12-5-2-6-13-33)49-47(50-46)35-15-7-16-36(28-35)51-39-19-9-18-38-37-17-8-14-31-22-23-32-26-27-40(51)44(43(38)39)42(32)41(31)37;1-2-9-30(10-3-1)43-46-44(48-45(47-43)33-19-16-27-8-4-5-11-32(27)26-33)31-20-23-34(24-21-31)49-37-15-7-14-36-35-13-6-12-28-17-18-29-22-25-38(49)42(41(36)37)40(29)39(28)35;1-3-10-27(11-4-1)39-42-40(28-12-5-2-6-13-28)44-41(43-39)29-15-7-16-30(24-29)45-33-19-9-18-32-31-17-8-14-25-20-21-26-22-23-34(45)38(37(32)33)36(26)35(25)31/h1-28H;1-26H;1-24H.